The van der Waals surface area contributed by atoms with E-state index < -0.39 is 0 Å². The molecular formula is C11H15F. The monoisotopic (exact) mass is 166 g/mol. The highest BCUT2D eigenvalue weighted by molar-refractivity contribution is 5.21. The Morgan fingerprint density at radius 2 is 1.67 bits per heavy atom. The van der Waals surface area contributed by atoms with E-state index in [0.717, 1.165) is 5.56 Å². The first-order chi connectivity index (χ1) is 5.63. The Morgan fingerprint density at radius 3 is 2.17 bits per heavy atom. The topological polar surface area (TPSA) is 0 Å². The van der Waals surface area contributed by atoms with Crippen molar-refractivity contribution >= 4 is 0 Å². The molecule has 1 aromatic rings. The van der Waals surface area contributed by atoms with Gasteiger partial charge in [0.1, 0.15) is 5.82 Å². The molecule has 1 unspecified atom stereocenters. The van der Waals surface area contributed by atoms with Crippen molar-refractivity contribution in [2.45, 2.75) is 26.7 Å². The lowest BCUT2D eigenvalue weighted by molar-refractivity contribution is 0.501. The van der Waals surface area contributed by atoms with Gasteiger partial charge in [-0.05, 0) is 23.5 Å². The lowest BCUT2D eigenvalue weighted by atomic mass is 9.90. The maximum atomic E-state index is 13.2. The SMILES string of the molecule is CC(C)C(C)c1ccccc1F. The molecule has 1 heteroatoms. The third-order valence-corrected chi connectivity index (χ3v) is 2.40. The minimum Gasteiger partial charge on any atom is -0.207 e. The van der Waals surface area contributed by atoms with Crippen molar-refractivity contribution in [2.75, 3.05) is 0 Å². The second-order valence-electron chi connectivity index (χ2n) is 3.55. The molecule has 12 heavy (non-hydrogen) atoms. The van der Waals surface area contributed by atoms with Gasteiger partial charge in [0.25, 0.3) is 0 Å². The maximum Gasteiger partial charge on any atom is 0.126 e. The van der Waals surface area contributed by atoms with Gasteiger partial charge in [-0.3, -0.25) is 0 Å². The van der Waals surface area contributed by atoms with Crippen LogP contribution >= 0.6 is 0 Å². The van der Waals surface area contributed by atoms with Gasteiger partial charge in [-0.2, -0.15) is 0 Å². The zero-order valence-corrected chi connectivity index (χ0v) is 7.84. The quantitative estimate of drug-likeness (QED) is 0.630. The molecule has 0 radical (unpaired) electrons. The molecule has 1 aromatic carbocycles. The Morgan fingerprint density at radius 1 is 1.08 bits per heavy atom. The first-order valence-electron chi connectivity index (χ1n) is 4.37. The summed E-state index contributed by atoms with van der Waals surface area (Å²) < 4.78 is 13.2. The molecule has 0 N–H and O–H groups in total. The Hall–Kier alpha value is -0.850. The Balaban J connectivity index is 2.94. The van der Waals surface area contributed by atoms with Crippen LogP contribution in [0, 0.1) is 11.7 Å². The van der Waals surface area contributed by atoms with Crippen molar-refractivity contribution in [3.8, 4) is 0 Å². The van der Waals surface area contributed by atoms with Crippen LogP contribution in [0.3, 0.4) is 0 Å². The largest absolute Gasteiger partial charge is 0.207 e. The van der Waals surface area contributed by atoms with Crippen LogP contribution in [-0.2, 0) is 0 Å². The summed E-state index contributed by atoms with van der Waals surface area (Å²) in [6, 6.07) is 7.00. The van der Waals surface area contributed by atoms with Crippen LogP contribution in [0.15, 0.2) is 24.3 Å². The Bertz CT molecular complexity index is 253. The van der Waals surface area contributed by atoms with Crippen LogP contribution in [0.1, 0.15) is 32.3 Å². The Labute approximate surface area is 73.4 Å². The fraction of sp³-hybridized carbons (Fsp3) is 0.455. The molecule has 0 aliphatic carbocycles. The number of hydrogen-bond donors (Lipinski definition) is 0. The third kappa shape index (κ3) is 1.84. The second-order valence-corrected chi connectivity index (χ2v) is 3.55. The van der Waals surface area contributed by atoms with Gasteiger partial charge < -0.3 is 0 Å². The number of hydrogen-bond acceptors (Lipinski definition) is 0. The van der Waals surface area contributed by atoms with Gasteiger partial charge in [0.05, 0.1) is 0 Å². The minimum absolute atomic E-state index is 0.0845. The highest BCUT2D eigenvalue weighted by Gasteiger charge is 2.12. The molecule has 0 aliphatic rings. The molecule has 1 rings (SSSR count). The van der Waals surface area contributed by atoms with E-state index in [2.05, 4.69) is 20.8 Å². The first-order valence-corrected chi connectivity index (χ1v) is 4.37. The van der Waals surface area contributed by atoms with Crippen LogP contribution in [0.2, 0.25) is 0 Å². The zero-order chi connectivity index (χ0) is 9.14. The van der Waals surface area contributed by atoms with E-state index in [1.807, 2.05) is 12.1 Å². The van der Waals surface area contributed by atoms with E-state index in [1.54, 1.807) is 6.07 Å². The van der Waals surface area contributed by atoms with E-state index in [1.165, 1.54) is 6.07 Å². The molecular weight excluding hydrogens is 151 g/mol. The van der Waals surface area contributed by atoms with Crippen LogP contribution < -0.4 is 0 Å². The van der Waals surface area contributed by atoms with Gasteiger partial charge in [0.15, 0.2) is 0 Å². The molecule has 66 valence electrons. The Kier molecular flexibility index (Phi) is 2.85. The summed E-state index contributed by atoms with van der Waals surface area (Å²) >= 11 is 0. The molecule has 0 heterocycles. The lowest BCUT2D eigenvalue weighted by Crippen LogP contribution is -2.03. The molecule has 0 amide bonds. The standard InChI is InChI=1S/C11H15F/c1-8(2)9(3)10-6-4-5-7-11(10)12/h4-9H,1-3H3. The molecule has 0 aliphatic heterocycles. The normalized spacial score (nSPS) is 13.4. The summed E-state index contributed by atoms with van der Waals surface area (Å²) in [5, 5.41) is 0. The van der Waals surface area contributed by atoms with E-state index in [0.29, 0.717) is 11.8 Å². The summed E-state index contributed by atoms with van der Waals surface area (Å²) in [5.41, 5.74) is 0.826. The number of rotatable bonds is 2. The van der Waals surface area contributed by atoms with E-state index in [-0.39, 0.29) is 5.82 Å². The molecule has 0 aromatic heterocycles. The van der Waals surface area contributed by atoms with Crippen LogP contribution in [0.5, 0.6) is 0 Å². The molecule has 0 spiro atoms. The smallest absolute Gasteiger partial charge is 0.126 e. The zero-order valence-electron chi connectivity index (χ0n) is 7.84. The van der Waals surface area contributed by atoms with E-state index in [9.17, 15) is 4.39 Å². The predicted molar refractivity (Wildman–Crippen MR) is 49.7 cm³/mol. The molecule has 0 saturated carbocycles. The van der Waals surface area contributed by atoms with Crippen molar-refractivity contribution in [2.24, 2.45) is 5.92 Å². The molecule has 0 nitrogen and oxygen atoms in total. The highest BCUT2D eigenvalue weighted by Crippen LogP contribution is 2.25. The van der Waals surface area contributed by atoms with Gasteiger partial charge in [-0.25, -0.2) is 4.39 Å². The van der Waals surface area contributed by atoms with Gasteiger partial charge in [-0.15, -0.1) is 0 Å². The summed E-state index contributed by atoms with van der Waals surface area (Å²) in [4.78, 5) is 0. The highest BCUT2D eigenvalue weighted by atomic mass is 19.1. The van der Waals surface area contributed by atoms with Crippen molar-refractivity contribution in [1.29, 1.82) is 0 Å². The van der Waals surface area contributed by atoms with Gasteiger partial charge in [-0.1, -0.05) is 39.0 Å². The summed E-state index contributed by atoms with van der Waals surface area (Å²) in [6.07, 6.45) is 0. The maximum absolute atomic E-state index is 13.2. The van der Waals surface area contributed by atoms with Gasteiger partial charge in [0, 0.05) is 0 Å². The van der Waals surface area contributed by atoms with Crippen molar-refractivity contribution in [1.82, 2.24) is 0 Å². The first kappa shape index (κ1) is 9.24. The summed E-state index contributed by atoms with van der Waals surface area (Å²) in [5.74, 6) is 0.701. The van der Waals surface area contributed by atoms with E-state index in [4.69, 9.17) is 0 Å². The van der Waals surface area contributed by atoms with Crippen molar-refractivity contribution in [3.05, 3.63) is 35.6 Å². The molecule has 0 saturated heterocycles. The fourth-order valence-electron chi connectivity index (χ4n) is 1.20. The third-order valence-electron chi connectivity index (χ3n) is 2.40. The molecule has 0 bridgehead atoms. The van der Waals surface area contributed by atoms with Crippen LogP contribution in [-0.4, -0.2) is 0 Å². The van der Waals surface area contributed by atoms with Crippen LogP contribution in [0.4, 0.5) is 4.39 Å². The van der Waals surface area contributed by atoms with Crippen molar-refractivity contribution < 1.29 is 4.39 Å². The van der Waals surface area contributed by atoms with Crippen LogP contribution in [0.25, 0.3) is 0 Å². The predicted octanol–water partition coefficient (Wildman–Crippen LogP) is 3.59. The fourth-order valence-corrected chi connectivity index (χ4v) is 1.20. The number of halogens is 1. The average Bonchev–Trinajstić information content (AvgIpc) is 2.04. The average molecular weight is 166 g/mol. The van der Waals surface area contributed by atoms with E-state index >= 15 is 0 Å². The minimum atomic E-state index is -0.0845. The summed E-state index contributed by atoms with van der Waals surface area (Å²) in [6.45, 7) is 6.28. The van der Waals surface area contributed by atoms with Crippen molar-refractivity contribution in [3.63, 3.8) is 0 Å². The lowest BCUT2D eigenvalue weighted by Gasteiger charge is -2.16. The van der Waals surface area contributed by atoms with Gasteiger partial charge >= 0.3 is 0 Å². The summed E-state index contributed by atoms with van der Waals surface area (Å²) in [7, 11) is 0. The molecule has 1 atom stereocenters. The van der Waals surface area contributed by atoms with Gasteiger partial charge in [0.2, 0.25) is 0 Å². The second kappa shape index (κ2) is 3.70. The molecule has 0 fully saturated rings. The number of benzene rings is 1.